The molecule has 0 fully saturated rings. The molecule has 0 spiro atoms. The Labute approximate surface area is 194 Å². The van der Waals surface area contributed by atoms with Crippen LogP contribution in [0, 0.1) is 0 Å². The molecule has 1 amide bonds. The highest BCUT2D eigenvalue weighted by atomic mass is 16.5. The van der Waals surface area contributed by atoms with Crippen molar-refractivity contribution in [2.75, 3.05) is 40.5 Å². The van der Waals surface area contributed by atoms with Gasteiger partial charge in [0.05, 0.1) is 6.73 Å². The number of hydrogen-bond donors (Lipinski definition) is 0. The van der Waals surface area contributed by atoms with Crippen molar-refractivity contribution in [2.45, 2.75) is 104 Å². The number of nitrogens with zero attached hydrogens (tertiary/aromatic N) is 2. The number of ether oxygens (including phenoxy) is 1. The normalized spacial score (nSPS) is 11.9. The molecule has 182 valence electrons. The van der Waals surface area contributed by atoms with Crippen molar-refractivity contribution in [3.05, 3.63) is 24.3 Å². The van der Waals surface area contributed by atoms with E-state index in [1.54, 1.807) is 4.90 Å². The van der Waals surface area contributed by atoms with Gasteiger partial charge in [0.2, 0.25) is 5.91 Å². The van der Waals surface area contributed by atoms with Crippen molar-refractivity contribution in [3.63, 3.8) is 0 Å². The van der Waals surface area contributed by atoms with Crippen LogP contribution in [0.4, 0.5) is 0 Å². The van der Waals surface area contributed by atoms with Gasteiger partial charge in [0.1, 0.15) is 0 Å². The summed E-state index contributed by atoms with van der Waals surface area (Å²) in [6.07, 6.45) is 26.2. The van der Waals surface area contributed by atoms with Crippen molar-refractivity contribution in [1.82, 2.24) is 9.80 Å². The Morgan fingerprint density at radius 3 is 1.97 bits per heavy atom. The predicted molar refractivity (Wildman–Crippen MR) is 135 cm³/mol. The summed E-state index contributed by atoms with van der Waals surface area (Å²) in [4.78, 5) is 15.7. The van der Waals surface area contributed by atoms with E-state index in [0.717, 1.165) is 39.0 Å². The largest absolute Gasteiger partial charge is 0.366 e. The van der Waals surface area contributed by atoms with E-state index in [9.17, 15) is 4.79 Å². The molecule has 0 heterocycles. The summed E-state index contributed by atoms with van der Waals surface area (Å²) in [6.45, 7) is 7.68. The van der Waals surface area contributed by atoms with E-state index >= 15 is 0 Å². The van der Waals surface area contributed by atoms with Crippen LogP contribution in [0.25, 0.3) is 0 Å². The fourth-order valence-electron chi connectivity index (χ4n) is 3.42. The van der Waals surface area contributed by atoms with Gasteiger partial charge >= 0.3 is 0 Å². The third-order valence-electron chi connectivity index (χ3n) is 5.44. The van der Waals surface area contributed by atoms with Gasteiger partial charge in [0.15, 0.2) is 0 Å². The van der Waals surface area contributed by atoms with Crippen molar-refractivity contribution in [2.24, 2.45) is 0 Å². The quantitative estimate of drug-likeness (QED) is 0.104. The van der Waals surface area contributed by atoms with Crippen LogP contribution in [-0.2, 0) is 9.53 Å². The maximum absolute atomic E-state index is 11.7. The Hall–Kier alpha value is -1.13. The molecular weight excluding hydrogens is 384 g/mol. The molecule has 0 rings (SSSR count). The van der Waals surface area contributed by atoms with E-state index < -0.39 is 0 Å². The number of rotatable bonds is 22. The van der Waals surface area contributed by atoms with Gasteiger partial charge in [-0.1, -0.05) is 76.7 Å². The predicted octanol–water partition coefficient (Wildman–Crippen LogP) is 6.96. The van der Waals surface area contributed by atoms with Gasteiger partial charge in [-0.3, -0.25) is 9.69 Å². The number of carbonyl (C=O) groups excluding carboxylic acids is 1. The number of hydrogen-bond acceptors (Lipinski definition) is 3. The number of amides is 1. The maximum atomic E-state index is 11.7. The molecule has 0 radical (unpaired) electrons. The van der Waals surface area contributed by atoms with Gasteiger partial charge in [-0.25, -0.2) is 0 Å². The summed E-state index contributed by atoms with van der Waals surface area (Å²) in [5.41, 5.74) is 0. The molecule has 4 nitrogen and oxygen atoms in total. The summed E-state index contributed by atoms with van der Waals surface area (Å²) in [5.74, 6) is 0.186. The van der Waals surface area contributed by atoms with Crippen molar-refractivity contribution in [3.8, 4) is 0 Å². The lowest BCUT2D eigenvalue weighted by atomic mass is 10.1. The smallest absolute Gasteiger partial charge is 0.223 e. The van der Waals surface area contributed by atoms with Crippen LogP contribution in [0.2, 0.25) is 0 Å². The van der Waals surface area contributed by atoms with Gasteiger partial charge in [-0.2, -0.15) is 0 Å². The summed E-state index contributed by atoms with van der Waals surface area (Å²) >= 11 is 0. The molecule has 0 saturated heterocycles. The molecule has 0 N–H and O–H groups in total. The highest BCUT2D eigenvalue weighted by Gasteiger charge is 2.09. The Morgan fingerprint density at radius 1 is 0.742 bits per heavy atom. The van der Waals surface area contributed by atoms with Gasteiger partial charge in [0, 0.05) is 40.2 Å². The van der Waals surface area contributed by atoms with Crippen LogP contribution in [0.1, 0.15) is 104 Å². The van der Waals surface area contributed by atoms with Crippen molar-refractivity contribution in [1.29, 1.82) is 0 Å². The van der Waals surface area contributed by atoms with Crippen LogP contribution in [0.15, 0.2) is 24.3 Å². The van der Waals surface area contributed by atoms with E-state index in [1.807, 2.05) is 14.1 Å². The number of unbranched alkanes of at least 4 members (excludes halogenated alkanes) is 9. The fraction of sp³-hybridized carbons (Fsp3) is 0.815. The zero-order chi connectivity index (χ0) is 23.0. The van der Waals surface area contributed by atoms with Crippen LogP contribution >= 0.6 is 0 Å². The Balaban J connectivity index is 3.47. The minimum absolute atomic E-state index is 0.186. The lowest BCUT2D eigenvalue weighted by molar-refractivity contribution is -0.129. The second-order valence-electron chi connectivity index (χ2n) is 8.78. The zero-order valence-electron chi connectivity index (χ0n) is 21.2. The molecule has 0 aliphatic heterocycles. The van der Waals surface area contributed by atoms with E-state index in [2.05, 4.69) is 43.1 Å². The molecule has 4 heteroatoms. The Bertz CT molecular complexity index is 447. The molecule has 0 aromatic heterocycles. The number of carbonyl (C=O) groups is 1. The number of allylic oxidation sites excluding steroid dienone is 4. The molecule has 0 aliphatic carbocycles. The van der Waals surface area contributed by atoms with Crippen LogP contribution < -0.4 is 0 Å². The maximum Gasteiger partial charge on any atom is 0.223 e. The van der Waals surface area contributed by atoms with E-state index in [4.69, 9.17) is 4.74 Å². The molecule has 31 heavy (non-hydrogen) atoms. The van der Waals surface area contributed by atoms with E-state index in [1.165, 1.54) is 64.2 Å². The standard InChI is InChI=1S/C27H52N2O2/c1-5-7-8-9-10-11-12-13-14-15-16-17-18-19-20-21-25-31-26-29(23-6-2)24-22-27(30)28(3)4/h10-11,13-14H,5-9,12,15-26H2,1-4H3/b11-10-,14-13-. The van der Waals surface area contributed by atoms with Gasteiger partial charge in [-0.15, -0.1) is 0 Å². The van der Waals surface area contributed by atoms with E-state index in [-0.39, 0.29) is 5.91 Å². The molecule has 0 aliphatic rings. The molecule has 0 bridgehead atoms. The Kier molecular flexibility index (Phi) is 22.7. The minimum Gasteiger partial charge on any atom is -0.366 e. The second-order valence-corrected chi connectivity index (χ2v) is 8.78. The monoisotopic (exact) mass is 436 g/mol. The summed E-state index contributed by atoms with van der Waals surface area (Å²) in [5, 5.41) is 0. The van der Waals surface area contributed by atoms with Gasteiger partial charge in [-0.05, 0) is 44.9 Å². The van der Waals surface area contributed by atoms with Crippen molar-refractivity contribution < 1.29 is 9.53 Å². The zero-order valence-corrected chi connectivity index (χ0v) is 21.2. The first-order chi connectivity index (χ1) is 15.1. The highest BCUT2D eigenvalue weighted by molar-refractivity contribution is 5.75. The SMILES string of the molecule is CCCCC/C=C\C/C=C\CCCCCCCCOCN(CCC)CCC(=O)N(C)C. The molecule has 0 aromatic rings. The summed E-state index contributed by atoms with van der Waals surface area (Å²) < 4.78 is 5.85. The summed E-state index contributed by atoms with van der Waals surface area (Å²) in [6, 6.07) is 0. The third-order valence-corrected chi connectivity index (χ3v) is 5.44. The topological polar surface area (TPSA) is 32.8 Å². The molecule has 0 unspecified atom stereocenters. The third kappa shape index (κ3) is 21.9. The van der Waals surface area contributed by atoms with Gasteiger partial charge < -0.3 is 9.64 Å². The van der Waals surface area contributed by atoms with Crippen LogP contribution in [-0.4, -0.2) is 56.2 Å². The summed E-state index contributed by atoms with van der Waals surface area (Å²) in [7, 11) is 3.63. The first-order valence-corrected chi connectivity index (χ1v) is 12.9. The molecular formula is C27H52N2O2. The van der Waals surface area contributed by atoms with Crippen molar-refractivity contribution >= 4 is 5.91 Å². The average Bonchev–Trinajstić information content (AvgIpc) is 2.76. The minimum atomic E-state index is 0.186. The fourth-order valence-corrected chi connectivity index (χ4v) is 3.42. The van der Waals surface area contributed by atoms with Crippen LogP contribution in [0.5, 0.6) is 0 Å². The molecule has 0 atom stereocenters. The first kappa shape index (κ1) is 29.9. The van der Waals surface area contributed by atoms with Crippen LogP contribution in [0.3, 0.4) is 0 Å². The average molecular weight is 437 g/mol. The lowest BCUT2D eigenvalue weighted by Crippen LogP contribution is -2.32. The first-order valence-electron chi connectivity index (χ1n) is 12.9. The molecule has 0 saturated carbocycles. The highest BCUT2D eigenvalue weighted by Crippen LogP contribution is 2.08. The Morgan fingerprint density at radius 2 is 1.35 bits per heavy atom. The molecule has 0 aromatic carbocycles. The lowest BCUT2D eigenvalue weighted by Gasteiger charge is -2.22. The second kappa shape index (κ2) is 23.5. The van der Waals surface area contributed by atoms with Gasteiger partial charge in [0.25, 0.3) is 0 Å². The van der Waals surface area contributed by atoms with E-state index in [0.29, 0.717) is 13.2 Å².